The number of hydrogen-bond donors (Lipinski definition) is 0. The summed E-state index contributed by atoms with van der Waals surface area (Å²) in [4.78, 5) is 10.9. The van der Waals surface area contributed by atoms with Crippen molar-refractivity contribution >= 4 is 21.6 Å². The average Bonchev–Trinajstić information content (AvgIpc) is 2.36. The van der Waals surface area contributed by atoms with Crippen LogP contribution in [0.1, 0.15) is 31.7 Å². The maximum absolute atomic E-state index is 10.8. The van der Waals surface area contributed by atoms with Gasteiger partial charge in [0.2, 0.25) is 0 Å². The Morgan fingerprint density at radius 1 is 1.39 bits per heavy atom. The molecule has 1 unspecified atom stereocenters. The van der Waals surface area contributed by atoms with Crippen LogP contribution < -0.4 is 4.74 Å². The lowest BCUT2D eigenvalue weighted by atomic mass is 10.1. The van der Waals surface area contributed by atoms with E-state index in [4.69, 9.17) is 4.74 Å². The third-order valence-corrected chi connectivity index (χ3v) is 3.66. The van der Waals surface area contributed by atoms with Crippen LogP contribution in [0.15, 0.2) is 18.2 Å². The second kappa shape index (κ2) is 7.36. The Labute approximate surface area is 116 Å². The Bertz CT molecular complexity index is 409. The molecule has 100 valence electrons. The fourth-order valence-electron chi connectivity index (χ4n) is 1.79. The Morgan fingerprint density at radius 3 is 2.67 bits per heavy atom. The number of nitrogens with zero attached hydrogens (tertiary/aromatic N) is 1. The van der Waals surface area contributed by atoms with Crippen LogP contribution in [0.5, 0.6) is 5.75 Å². The molecule has 0 saturated carbocycles. The molecule has 1 rings (SSSR count). The van der Waals surface area contributed by atoms with Crippen molar-refractivity contribution in [3.8, 4) is 5.75 Å². The summed E-state index contributed by atoms with van der Waals surface area (Å²) in [6.07, 6.45) is 4.03. The Kier molecular flexibility index (Phi) is 6.12. The first-order chi connectivity index (χ1) is 8.56. The normalized spacial score (nSPS) is 12.2. The third kappa shape index (κ3) is 4.64. The van der Waals surface area contributed by atoms with E-state index in [2.05, 4.69) is 22.9 Å². The molecule has 0 amide bonds. The number of aryl methyl sites for hydroxylation is 1. The molecule has 0 spiro atoms. The first-order valence-corrected chi connectivity index (χ1v) is 6.94. The van der Waals surface area contributed by atoms with Gasteiger partial charge in [0.05, 0.1) is 18.1 Å². The van der Waals surface area contributed by atoms with Crippen molar-refractivity contribution in [2.75, 3.05) is 7.11 Å². The Balaban J connectivity index is 2.75. The number of non-ortho nitro benzene ring substituents is 1. The van der Waals surface area contributed by atoms with Gasteiger partial charge in [0.25, 0.3) is 5.69 Å². The van der Waals surface area contributed by atoms with E-state index in [0.29, 0.717) is 10.6 Å². The number of methoxy groups -OCH3 is 1. The maximum Gasteiger partial charge on any atom is 0.273 e. The highest BCUT2D eigenvalue weighted by atomic mass is 79.9. The van der Waals surface area contributed by atoms with Gasteiger partial charge < -0.3 is 4.74 Å². The molecular weight excluding hydrogens is 298 g/mol. The van der Waals surface area contributed by atoms with Gasteiger partial charge in [-0.1, -0.05) is 29.3 Å². The van der Waals surface area contributed by atoms with Crippen LogP contribution in [0.25, 0.3) is 0 Å². The summed E-state index contributed by atoms with van der Waals surface area (Å²) in [7, 11) is 1.52. The minimum atomic E-state index is -0.385. The minimum Gasteiger partial charge on any atom is -0.496 e. The molecule has 4 nitrogen and oxygen atoms in total. The van der Waals surface area contributed by atoms with Crippen molar-refractivity contribution in [3.63, 3.8) is 0 Å². The fraction of sp³-hybridized carbons (Fsp3) is 0.538. The molecule has 1 aromatic rings. The van der Waals surface area contributed by atoms with Crippen molar-refractivity contribution in [2.24, 2.45) is 0 Å². The topological polar surface area (TPSA) is 52.4 Å². The van der Waals surface area contributed by atoms with Gasteiger partial charge in [0.1, 0.15) is 5.75 Å². The molecule has 0 N–H and O–H groups in total. The summed E-state index contributed by atoms with van der Waals surface area (Å²) in [6.45, 7) is 2.14. The molecule has 0 saturated heterocycles. The highest BCUT2D eigenvalue weighted by molar-refractivity contribution is 9.09. The van der Waals surface area contributed by atoms with Crippen LogP contribution in [0.2, 0.25) is 0 Å². The first-order valence-electron chi connectivity index (χ1n) is 6.03. The minimum absolute atomic E-state index is 0.0889. The SMILES string of the molecule is CCCC(Br)CCc1cc(OC)cc([N+](=O)[O-])c1. The summed E-state index contributed by atoms with van der Waals surface area (Å²) in [6, 6.07) is 4.92. The summed E-state index contributed by atoms with van der Waals surface area (Å²) < 4.78 is 5.08. The predicted octanol–water partition coefficient (Wildman–Crippen LogP) is 4.10. The quantitative estimate of drug-likeness (QED) is 0.432. The van der Waals surface area contributed by atoms with E-state index in [1.165, 1.54) is 13.2 Å². The fourth-order valence-corrected chi connectivity index (χ4v) is 2.48. The van der Waals surface area contributed by atoms with E-state index >= 15 is 0 Å². The van der Waals surface area contributed by atoms with Gasteiger partial charge in [0, 0.05) is 10.9 Å². The van der Waals surface area contributed by atoms with E-state index < -0.39 is 0 Å². The zero-order valence-corrected chi connectivity index (χ0v) is 12.3. The lowest BCUT2D eigenvalue weighted by Gasteiger charge is -2.09. The smallest absolute Gasteiger partial charge is 0.273 e. The van der Waals surface area contributed by atoms with E-state index in [1.54, 1.807) is 6.07 Å². The molecule has 0 radical (unpaired) electrons. The number of alkyl halides is 1. The van der Waals surface area contributed by atoms with E-state index in [0.717, 1.165) is 31.2 Å². The molecule has 0 aliphatic rings. The summed E-state index contributed by atoms with van der Waals surface area (Å²) >= 11 is 3.61. The van der Waals surface area contributed by atoms with Gasteiger partial charge in [-0.25, -0.2) is 0 Å². The van der Waals surface area contributed by atoms with Gasteiger partial charge in [-0.05, 0) is 30.9 Å². The molecule has 0 aromatic heterocycles. The van der Waals surface area contributed by atoms with Crippen LogP contribution >= 0.6 is 15.9 Å². The Hall–Kier alpha value is -1.10. The highest BCUT2D eigenvalue weighted by Gasteiger charge is 2.11. The van der Waals surface area contributed by atoms with E-state index in [1.807, 2.05) is 6.07 Å². The molecule has 0 bridgehead atoms. The molecule has 0 aliphatic carbocycles. The third-order valence-electron chi connectivity index (χ3n) is 2.75. The van der Waals surface area contributed by atoms with Crippen molar-refractivity contribution in [1.29, 1.82) is 0 Å². The second-order valence-corrected chi connectivity index (χ2v) is 5.52. The molecule has 18 heavy (non-hydrogen) atoms. The monoisotopic (exact) mass is 315 g/mol. The lowest BCUT2D eigenvalue weighted by Crippen LogP contribution is -2.00. The predicted molar refractivity (Wildman–Crippen MR) is 75.6 cm³/mol. The van der Waals surface area contributed by atoms with Gasteiger partial charge in [-0.2, -0.15) is 0 Å². The van der Waals surface area contributed by atoms with E-state index in [9.17, 15) is 10.1 Å². The number of nitro groups is 1. The summed E-state index contributed by atoms with van der Waals surface area (Å²) in [5.74, 6) is 0.542. The van der Waals surface area contributed by atoms with Gasteiger partial charge in [0.15, 0.2) is 0 Å². The second-order valence-electron chi connectivity index (χ2n) is 4.22. The van der Waals surface area contributed by atoms with Crippen LogP contribution in [-0.4, -0.2) is 16.9 Å². The molecule has 1 aromatic carbocycles. The number of rotatable bonds is 7. The van der Waals surface area contributed by atoms with Crippen molar-refractivity contribution in [3.05, 3.63) is 33.9 Å². The summed E-state index contributed by atoms with van der Waals surface area (Å²) in [5.41, 5.74) is 1.03. The van der Waals surface area contributed by atoms with Gasteiger partial charge in [-0.3, -0.25) is 10.1 Å². The maximum atomic E-state index is 10.8. The number of benzene rings is 1. The standard InChI is InChI=1S/C13H18BrNO3/c1-3-4-11(14)6-5-10-7-12(15(16)17)9-13(8-10)18-2/h7-9,11H,3-6H2,1-2H3. The largest absolute Gasteiger partial charge is 0.496 e. The van der Waals surface area contributed by atoms with Crippen LogP contribution in [0.4, 0.5) is 5.69 Å². The van der Waals surface area contributed by atoms with E-state index in [-0.39, 0.29) is 10.6 Å². The Morgan fingerprint density at radius 2 is 2.11 bits per heavy atom. The average molecular weight is 316 g/mol. The molecular formula is C13H18BrNO3. The number of halogens is 1. The summed E-state index contributed by atoms with van der Waals surface area (Å²) in [5, 5.41) is 10.8. The first kappa shape index (κ1) is 15.0. The highest BCUT2D eigenvalue weighted by Crippen LogP contribution is 2.24. The number of ether oxygens (including phenoxy) is 1. The zero-order valence-electron chi connectivity index (χ0n) is 10.7. The van der Waals surface area contributed by atoms with Crippen molar-refractivity contribution < 1.29 is 9.66 Å². The van der Waals surface area contributed by atoms with Crippen LogP contribution in [-0.2, 0) is 6.42 Å². The lowest BCUT2D eigenvalue weighted by molar-refractivity contribution is -0.385. The van der Waals surface area contributed by atoms with Crippen LogP contribution in [0.3, 0.4) is 0 Å². The van der Waals surface area contributed by atoms with Crippen molar-refractivity contribution in [1.82, 2.24) is 0 Å². The van der Waals surface area contributed by atoms with Crippen molar-refractivity contribution in [2.45, 2.75) is 37.4 Å². The molecule has 0 heterocycles. The zero-order chi connectivity index (χ0) is 13.5. The van der Waals surface area contributed by atoms with Crippen LogP contribution in [0, 0.1) is 10.1 Å². The van der Waals surface area contributed by atoms with Gasteiger partial charge >= 0.3 is 0 Å². The molecule has 5 heteroatoms. The van der Waals surface area contributed by atoms with Gasteiger partial charge in [-0.15, -0.1) is 0 Å². The molecule has 0 aliphatic heterocycles. The number of nitro benzene ring substituents is 1. The number of hydrogen-bond acceptors (Lipinski definition) is 3. The molecule has 1 atom stereocenters. The molecule has 0 fully saturated rings.